The molecular weight excluding hydrogens is 632 g/mol. The van der Waals surface area contributed by atoms with Gasteiger partial charge in [0.1, 0.15) is 16.5 Å². The van der Waals surface area contributed by atoms with Crippen LogP contribution in [0.5, 0.6) is 11.5 Å². The van der Waals surface area contributed by atoms with Gasteiger partial charge < -0.3 is 33.5 Å². The Morgan fingerprint density at radius 3 is 2.57 bits per heavy atom. The third kappa shape index (κ3) is 6.38. The highest BCUT2D eigenvalue weighted by atomic mass is 35.5. The van der Waals surface area contributed by atoms with E-state index in [1.807, 2.05) is 12.1 Å². The molecular formula is C34H39ClN2O10. The number of halogens is 1. The summed E-state index contributed by atoms with van der Waals surface area (Å²) < 4.78 is 34.0. The van der Waals surface area contributed by atoms with Crippen LogP contribution in [-0.4, -0.2) is 90.3 Å². The summed E-state index contributed by atoms with van der Waals surface area (Å²) in [6.45, 7) is 5.22. The van der Waals surface area contributed by atoms with Crippen molar-refractivity contribution < 1.29 is 47.9 Å². The van der Waals surface area contributed by atoms with Crippen LogP contribution in [0, 0.1) is 0 Å². The van der Waals surface area contributed by atoms with Crippen LogP contribution in [-0.2, 0) is 35.0 Å². The summed E-state index contributed by atoms with van der Waals surface area (Å²) in [4.78, 5) is 45.6. The maximum atomic E-state index is 14.0. The van der Waals surface area contributed by atoms with E-state index < -0.39 is 41.6 Å². The number of rotatable bonds is 11. The van der Waals surface area contributed by atoms with Gasteiger partial charge in [0.15, 0.2) is 23.2 Å². The molecule has 1 aromatic heterocycles. The number of nitrogens with zero attached hydrogens (tertiary/aromatic N) is 2. The van der Waals surface area contributed by atoms with Crippen LogP contribution in [0.3, 0.4) is 0 Å². The summed E-state index contributed by atoms with van der Waals surface area (Å²) in [6, 6.07) is 7.00. The molecule has 4 unspecified atom stereocenters. The Balaban J connectivity index is 1.23. The minimum absolute atomic E-state index is 0.0228. The first-order valence-electron chi connectivity index (χ1n) is 15.7. The molecule has 2 aromatic rings. The van der Waals surface area contributed by atoms with Crippen LogP contribution < -0.4 is 9.47 Å². The van der Waals surface area contributed by atoms with Crippen LogP contribution in [0.4, 0.5) is 0 Å². The molecule has 0 bridgehead atoms. The van der Waals surface area contributed by atoms with E-state index in [2.05, 4.69) is 9.88 Å². The van der Waals surface area contributed by atoms with Gasteiger partial charge >= 0.3 is 17.9 Å². The first-order chi connectivity index (χ1) is 22.4. The predicted octanol–water partition coefficient (Wildman–Crippen LogP) is 4.10. The van der Waals surface area contributed by atoms with Crippen molar-refractivity contribution in [3.05, 3.63) is 63.6 Å². The molecule has 1 aliphatic carbocycles. The zero-order valence-corrected chi connectivity index (χ0v) is 27.6. The number of ether oxygens (including phenoxy) is 6. The van der Waals surface area contributed by atoms with Gasteiger partial charge in [0, 0.05) is 31.2 Å². The molecule has 12 nitrogen and oxygen atoms in total. The summed E-state index contributed by atoms with van der Waals surface area (Å²) in [6.07, 6.45) is 1.86. The lowest BCUT2D eigenvalue weighted by Gasteiger charge is -2.33. The van der Waals surface area contributed by atoms with Gasteiger partial charge in [0.05, 0.1) is 26.2 Å². The molecule has 4 heterocycles. The Hall–Kier alpha value is -3.87. The zero-order valence-electron chi connectivity index (χ0n) is 26.9. The summed E-state index contributed by atoms with van der Waals surface area (Å²) in [7, 11) is 2.74. The second-order valence-electron chi connectivity index (χ2n) is 13.0. The third-order valence-electron chi connectivity index (χ3n) is 9.54. The molecule has 4 atom stereocenters. The molecule has 252 valence electrons. The average molecular weight is 671 g/mol. The fourth-order valence-electron chi connectivity index (χ4n) is 7.24. The van der Waals surface area contributed by atoms with Gasteiger partial charge in [-0.25, -0.2) is 14.6 Å². The Morgan fingerprint density at radius 2 is 1.85 bits per heavy atom. The summed E-state index contributed by atoms with van der Waals surface area (Å²) >= 11 is 6.06. The lowest BCUT2D eigenvalue weighted by molar-refractivity contribution is -0.178. The largest absolute Gasteiger partial charge is 0.497 e. The van der Waals surface area contributed by atoms with Crippen molar-refractivity contribution in [2.75, 3.05) is 34.1 Å². The minimum atomic E-state index is -2.22. The topological polar surface area (TPSA) is 143 Å². The Kier molecular flexibility index (Phi) is 9.12. The molecule has 1 aromatic carbocycles. The van der Waals surface area contributed by atoms with Gasteiger partial charge in [-0.05, 0) is 86.9 Å². The van der Waals surface area contributed by atoms with E-state index in [0.717, 1.165) is 42.6 Å². The predicted molar refractivity (Wildman–Crippen MR) is 167 cm³/mol. The molecule has 1 N–H and O–H groups in total. The van der Waals surface area contributed by atoms with Crippen molar-refractivity contribution >= 4 is 29.5 Å². The molecule has 0 radical (unpaired) electrons. The smallest absolute Gasteiger partial charge is 0.341 e. The highest BCUT2D eigenvalue weighted by molar-refractivity contribution is 6.32. The van der Waals surface area contributed by atoms with Gasteiger partial charge in [0.25, 0.3) is 0 Å². The number of esters is 3. The molecule has 1 saturated heterocycles. The number of fused-ring (bicyclic) bond motifs is 3. The highest BCUT2D eigenvalue weighted by Gasteiger charge is 2.55. The standard InChI is InChI=1S/C34H39ClN2O10/c1-33(2,47-31(39)21-7-5-12-36-30(21)35)10-6-11-34(41,17-25(38)42-3)32(40)46-29-26-22-16-24-23(44-18-45-24)15-19(22)8-13-37-14-9-20(27(26)37)28(29)43-4/h5,7,12,15-16,26-27,29,41H,6,8-11,13-14,17-18H2,1-4H3. The van der Waals surface area contributed by atoms with E-state index in [9.17, 15) is 19.5 Å². The minimum Gasteiger partial charge on any atom is -0.497 e. The van der Waals surface area contributed by atoms with Crippen molar-refractivity contribution in [3.8, 4) is 11.5 Å². The number of carbonyl (C=O) groups excluding carboxylic acids is 3. The number of benzene rings is 1. The summed E-state index contributed by atoms with van der Waals surface area (Å²) in [5.41, 5.74) is 0.0149. The van der Waals surface area contributed by atoms with Gasteiger partial charge in [0.2, 0.25) is 6.79 Å². The van der Waals surface area contributed by atoms with E-state index in [1.165, 1.54) is 19.4 Å². The Bertz CT molecular complexity index is 1610. The lowest BCUT2D eigenvalue weighted by atomic mass is 9.86. The quantitative estimate of drug-likeness (QED) is 0.209. The number of pyridine rings is 1. The second kappa shape index (κ2) is 13.0. The van der Waals surface area contributed by atoms with Gasteiger partial charge in [-0.3, -0.25) is 9.69 Å². The van der Waals surface area contributed by atoms with E-state index in [1.54, 1.807) is 27.0 Å². The van der Waals surface area contributed by atoms with Crippen LogP contribution in [0.2, 0.25) is 5.15 Å². The third-order valence-corrected chi connectivity index (χ3v) is 9.84. The molecule has 3 aliphatic heterocycles. The number of hydrogen-bond acceptors (Lipinski definition) is 12. The molecule has 47 heavy (non-hydrogen) atoms. The van der Waals surface area contributed by atoms with E-state index in [4.69, 9.17) is 40.0 Å². The molecule has 4 aliphatic rings. The number of methoxy groups -OCH3 is 2. The van der Waals surface area contributed by atoms with Crippen LogP contribution in [0.15, 0.2) is 41.8 Å². The second-order valence-corrected chi connectivity index (χ2v) is 13.3. The van der Waals surface area contributed by atoms with Gasteiger partial charge in [-0.15, -0.1) is 0 Å². The number of aromatic nitrogens is 1. The maximum absolute atomic E-state index is 14.0. The normalized spacial score (nSPS) is 22.6. The van der Waals surface area contributed by atoms with Crippen molar-refractivity contribution in [3.63, 3.8) is 0 Å². The fourth-order valence-corrected chi connectivity index (χ4v) is 7.44. The van der Waals surface area contributed by atoms with Crippen molar-refractivity contribution in [2.24, 2.45) is 0 Å². The molecule has 0 spiro atoms. The van der Waals surface area contributed by atoms with E-state index in [0.29, 0.717) is 17.3 Å². The number of aliphatic hydroxyl groups is 1. The number of hydrogen-bond donors (Lipinski definition) is 1. The summed E-state index contributed by atoms with van der Waals surface area (Å²) in [5, 5.41) is 11.8. The van der Waals surface area contributed by atoms with Crippen molar-refractivity contribution in [1.29, 1.82) is 0 Å². The first kappa shape index (κ1) is 33.0. The summed E-state index contributed by atoms with van der Waals surface area (Å²) in [5.74, 6) is -0.829. The maximum Gasteiger partial charge on any atom is 0.341 e. The van der Waals surface area contributed by atoms with Crippen LogP contribution in [0.25, 0.3) is 0 Å². The van der Waals surface area contributed by atoms with Crippen molar-refractivity contribution in [2.45, 2.75) is 81.6 Å². The van der Waals surface area contributed by atoms with Crippen LogP contribution >= 0.6 is 11.6 Å². The fraction of sp³-hybridized carbons (Fsp3) is 0.529. The van der Waals surface area contributed by atoms with Gasteiger partial charge in [-0.1, -0.05) is 11.6 Å². The molecule has 0 saturated carbocycles. The molecule has 0 amide bonds. The van der Waals surface area contributed by atoms with E-state index >= 15 is 0 Å². The Morgan fingerprint density at radius 1 is 1.11 bits per heavy atom. The van der Waals surface area contributed by atoms with Gasteiger partial charge in [-0.2, -0.15) is 0 Å². The van der Waals surface area contributed by atoms with Crippen LogP contribution in [0.1, 0.15) is 73.4 Å². The number of carbonyl (C=O) groups is 3. The Labute approximate surface area is 277 Å². The van der Waals surface area contributed by atoms with E-state index in [-0.39, 0.29) is 48.7 Å². The average Bonchev–Trinajstić information content (AvgIpc) is 3.70. The molecule has 13 heteroatoms. The molecule has 6 rings (SSSR count). The SMILES string of the molecule is COC(=O)CC(O)(CCCC(C)(C)OC(=O)c1cccnc1Cl)C(=O)OC1C(OC)=C2CCN3CCc4cc5c(cc4C1C23)OCO5. The van der Waals surface area contributed by atoms with Crippen molar-refractivity contribution in [1.82, 2.24) is 9.88 Å². The first-order valence-corrected chi connectivity index (χ1v) is 16.1. The highest BCUT2D eigenvalue weighted by Crippen LogP contribution is 2.52. The molecule has 1 fully saturated rings. The zero-order chi connectivity index (χ0) is 33.5. The monoisotopic (exact) mass is 670 g/mol. The lowest BCUT2D eigenvalue weighted by Crippen LogP contribution is -2.46.